The SMILES string of the molecule is O=C(O)C=C(c1ccccc1Cl)C(F)(F)F. The van der Waals surface area contributed by atoms with Gasteiger partial charge in [-0.2, -0.15) is 13.2 Å². The van der Waals surface area contributed by atoms with Gasteiger partial charge in [-0.25, -0.2) is 4.79 Å². The number of hydrogen-bond donors (Lipinski definition) is 1. The Morgan fingerprint density at radius 1 is 1.31 bits per heavy atom. The first-order chi connectivity index (χ1) is 7.32. The molecule has 0 unspecified atom stereocenters. The van der Waals surface area contributed by atoms with Crippen molar-refractivity contribution in [3.63, 3.8) is 0 Å². The van der Waals surface area contributed by atoms with Gasteiger partial charge < -0.3 is 5.11 Å². The van der Waals surface area contributed by atoms with Gasteiger partial charge in [0.1, 0.15) is 0 Å². The zero-order valence-corrected chi connectivity index (χ0v) is 8.51. The van der Waals surface area contributed by atoms with Crippen molar-refractivity contribution in [3.05, 3.63) is 40.9 Å². The van der Waals surface area contributed by atoms with Gasteiger partial charge in [0.2, 0.25) is 0 Å². The third-order valence-electron chi connectivity index (χ3n) is 1.74. The number of carboxylic acids is 1. The third kappa shape index (κ3) is 3.00. The second-order valence-electron chi connectivity index (χ2n) is 2.87. The molecule has 86 valence electrons. The smallest absolute Gasteiger partial charge is 0.417 e. The van der Waals surface area contributed by atoms with E-state index in [0.29, 0.717) is 0 Å². The first-order valence-corrected chi connectivity index (χ1v) is 4.47. The Kier molecular flexibility index (Phi) is 3.59. The summed E-state index contributed by atoms with van der Waals surface area (Å²) in [5, 5.41) is 8.23. The Labute approximate surface area is 94.0 Å². The Morgan fingerprint density at radius 2 is 1.88 bits per heavy atom. The maximum absolute atomic E-state index is 12.6. The van der Waals surface area contributed by atoms with E-state index in [-0.39, 0.29) is 16.7 Å². The van der Waals surface area contributed by atoms with E-state index in [0.717, 1.165) is 6.07 Å². The van der Waals surface area contributed by atoms with Crippen LogP contribution in [0.3, 0.4) is 0 Å². The maximum atomic E-state index is 12.6. The fourth-order valence-electron chi connectivity index (χ4n) is 1.12. The second-order valence-corrected chi connectivity index (χ2v) is 3.28. The number of benzene rings is 1. The van der Waals surface area contributed by atoms with Crippen LogP contribution in [0.15, 0.2) is 30.3 Å². The predicted octanol–water partition coefficient (Wildman–Crippen LogP) is 3.37. The Bertz CT molecular complexity index is 438. The van der Waals surface area contributed by atoms with Gasteiger partial charge >= 0.3 is 12.1 Å². The minimum Gasteiger partial charge on any atom is -0.478 e. The molecule has 0 atom stereocenters. The van der Waals surface area contributed by atoms with Crippen molar-refractivity contribution in [2.24, 2.45) is 0 Å². The monoisotopic (exact) mass is 250 g/mol. The van der Waals surface area contributed by atoms with Gasteiger partial charge in [-0.3, -0.25) is 0 Å². The summed E-state index contributed by atoms with van der Waals surface area (Å²) in [4.78, 5) is 10.3. The molecule has 1 aromatic carbocycles. The summed E-state index contributed by atoms with van der Waals surface area (Å²) in [6.45, 7) is 0. The number of halogens is 4. The summed E-state index contributed by atoms with van der Waals surface area (Å²) < 4.78 is 37.7. The van der Waals surface area contributed by atoms with Crippen molar-refractivity contribution in [1.29, 1.82) is 0 Å². The molecule has 0 fully saturated rings. The van der Waals surface area contributed by atoms with E-state index in [4.69, 9.17) is 16.7 Å². The maximum Gasteiger partial charge on any atom is 0.417 e. The fraction of sp³-hybridized carbons (Fsp3) is 0.100. The van der Waals surface area contributed by atoms with Gasteiger partial charge in [-0.05, 0) is 6.07 Å². The van der Waals surface area contributed by atoms with E-state index in [1.165, 1.54) is 18.2 Å². The number of carboxylic acid groups (broad SMARTS) is 1. The van der Waals surface area contributed by atoms with Crippen molar-refractivity contribution in [2.45, 2.75) is 6.18 Å². The number of rotatable bonds is 2. The zero-order valence-electron chi connectivity index (χ0n) is 7.75. The lowest BCUT2D eigenvalue weighted by Gasteiger charge is -2.12. The molecule has 6 heteroatoms. The molecule has 2 nitrogen and oxygen atoms in total. The first kappa shape index (κ1) is 12.6. The topological polar surface area (TPSA) is 37.3 Å². The van der Waals surface area contributed by atoms with Crippen LogP contribution in [0.25, 0.3) is 5.57 Å². The fourth-order valence-corrected chi connectivity index (χ4v) is 1.35. The first-order valence-electron chi connectivity index (χ1n) is 4.09. The highest BCUT2D eigenvalue weighted by Crippen LogP contribution is 2.36. The van der Waals surface area contributed by atoms with Gasteiger partial charge in [0.15, 0.2) is 0 Å². The average molecular weight is 251 g/mol. The molecule has 0 amide bonds. The summed E-state index contributed by atoms with van der Waals surface area (Å²) in [5.74, 6) is -1.67. The molecule has 0 radical (unpaired) electrons. The van der Waals surface area contributed by atoms with Crippen molar-refractivity contribution < 1.29 is 23.1 Å². The summed E-state index contributed by atoms with van der Waals surface area (Å²) in [7, 11) is 0. The lowest BCUT2D eigenvalue weighted by molar-refractivity contribution is -0.131. The van der Waals surface area contributed by atoms with Gasteiger partial charge in [0, 0.05) is 16.7 Å². The summed E-state index contributed by atoms with van der Waals surface area (Å²) >= 11 is 5.57. The van der Waals surface area contributed by atoms with E-state index in [9.17, 15) is 18.0 Å². The molecule has 0 aromatic heterocycles. The van der Waals surface area contributed by atoms with E-state index in [1.54, 1.807) is 0 Å². The molecular formula is C10H6ClF3O2. The molecule has 1 N–H and O–H groups in total. The molecule has 0 aliphatic rings. The largest absolute Gasteiger partial charge is 0.478 e. The number of aliphatic carboxylic acids is 1. The summed E-state index contributed by atoms with van der Waals surface area (Å²) in [5.41, 5.74) is -1.62. The van der Waals surface area contributed by atoms with Crippen LogP contribution in [0.4, 0.5) is 13.2 Å². The number of carbonyl (C=O) groups is 1. The molecular weight excluding hydrogens is 245 g/mol. The minimum absolute atomic E-state index is 0.0984. The van der Waals surface area contributed by atoms with Crippen molar-refractivity contribution in [3.8, 4) is 0 Å². The van der Waals surface area contributed by atoms with E-state index < -0.39 is 17.7 Å². The Morgan fingerprint density at radius 3 is 2.31 bits per heavy atom. The zero-order chi connectivity index (χ0) is 12.3. The van der Waals surface area contributed by atoms with Crippen molar-refractivity contribution in [2.75, 3.05) is 0 Å². The molecule has 0 aliphatic heterocycles. The van der Waals surface area contributed by atoms with Crippen LogP contribution in [0.5, 0.6) is 0 Å². The van der Waals surface area contributed by atoms with Crippen LogP contribution >= 0.6 is 11.6 Å². The molecule has 0 saturated carbocycles. The highest BCUT2D eigenvalue weighted by Gasteiger charge is 2.36. The molecule has 1 aromatic rings. The quantitative estimate of drug-likeness (QED) is 0.817. The summed E-state index contributed by atoms with van der Waals surface area (Å²) in [6.07, 6.45) is -4.66. The normalized spacial score (nSPS) is 12.6. The molecule has 0 heterocycles. The number of alkyl halides is 3. The lowest BCUT2D eigenvalue weighted by Crippen LogP contribution is -2.12. The van der Waals surface area contributed by atoms with E-state index in [2.05, 4.69) is 0 Å². The number of hydrogen-bond acceptors (Lipinski definition) is 1. The van der Waals surface area contributed by atoms with Gasteiger partial charge in [-0.1, -0.05) is 29.8 Å². The molecule has 0 aliphatic carbocycles. The second kappa shape index (κ2) is 4.57. The highest BCUT2D eigenvalue weighted by atomic mass is 35.5. The van der Waals surface area contributed by atoms with Crippen LogP contribution in [0, 0.1) is 0 Å². The van der Waals surface area contributed by atoms with Gasteiger partial charge in [0.25, 0.3) is 0 Å². The van der Waals surface area contributed by atoms with E-state index >= 15 is 0 Å². The van der Waals surface area contributed by atoms with Crippen molar-refractivity contribution >= 4 is 23.1 Å². The van der Waals surface area contributed by atoms with Gasteiger partial charge in [0.05, 0.1) is 5.57 Å². The van der Waals surface area contributed by atoms with E-state index in [1.807, 2.05) is 0 Å². The molecule has 0 bridgehead atoms. The van der Waals surface area contributed by atoms with Crippen LogP contribution in [-0.2, 0) is 4.79 Å². The highest BCUT2D eigenvalue weighted by molar-refractivity contribution is 6.32. The predicted molar refractivity (Wildman–Crippen MR) is 53.1 cm³/mol. The van der Waals surface area contributed by atoms with Gasteiger partial charge in [-0.15, -0.1) is 0 Å². The molecule has 16 heavy (non-hydrogen) atoms. The lowest BCUT2D eigenvalue weighted by atomic mass is 10.1. The Hall–Kier alpha value is -1.49. The van der Waals surface area contributed by atoms with Crippen LogP contribution < -0.4 is 0 Å². The minimum atomic E-state index is -4.76. The molecule has 0 saturated heterocycles. The molecule has 0 spiro atoms. The van der Waals surface area contributed by atoms with Crippen LogP contribution in [-0.4, -0.2) is 17.3 Å². The van der Waals surface area contributed by atoms with Crippen LogP contribution in [0.2, 0.25) is 5.02 Å². The average Bonchev–Trinajstić information content (AvgIpc) is 2.13. The third-order valence-corrected chi connectivity index (χ3v) is 2.07. The van der Waals surface area contributed by atoms with Crippen LogP contribution in [0.1, 0.15) is 5.56 Å². The standard InChI is InChI=1S/C10H6ClF3O2/c11-8-4-2-1-3-6(8)7(5-9(15)16)10(12,13)14/h1-5H,(H,15,16). The summed E-state index contributed by atoms with van der Waals surface area (Å²) in [6, 6.07) is 5.19. The van der Waals surface area contributed by atoms with Crippen molar-refractivity contribution in [1.82, 2.24) is 0 Å². The number of allylic oxidation sites excluding steroid dienone is 1. The Balaban J connectivity index is 3.34. The molecule has 1 rings (SSSR count).